The summed E-state index contributed by atoms with van der Waals surface area (Å²) < 4.78 is 5.35. The molecule has 0 bridgehead atoms. The highest BCUT2D eigenvalue weighted by Gasteiger charge is 2.16. The van der Waals surface area contributed by atoms with E-state index in [4.69, 9.17) is 9.84 Å². The van der Waals surface area contributed by atoms with Crippen molar-refractivity contribution in [3.8, 4) is 0 Å². The molecule has 0 aliphatic heterocycles. The van der Waals surface area contributed by atoms with Crippen LogP contribution in [0.1, 0.15) is 58.8 Å². The summed E-state index contributed by atoms with van der Waals surface area (Å²) in [6.45, 7) is 4.79. The van der Waals surface area contributed by atoms with Gasteiger partial charge in [-0.3, -0.25) is 0 Å². The molecular formula is C12H24O3. The van der Waals surface area contributed by atoms with Crippen molar-refractivity contribution in [2.75, 3.05) is 6.61 Å². The molecule has 3 nitrogen and oxygen atoms in total. The van der Waals surface area contributed by atoms with Gasteiger partial charge >= 0.3 is 5.97 Å². The fraction of sp³-hybridized carbons (Fsp3) is 0.917. The summed E-state index contributed by atoms with van der Waals surface area (Å²) in [6, 6.07) is 0. The van der Waals surface area contributed by atoms with Crippen molar-refractivity contribution < 1.29 is 14.6 Å². The van der Waals surface area contributed by atoms with E-state index >= 15 is 0 Å². The highest BCUT2D eigenvalue weighted by molar-refractivity contribution is 5.72. The van der Waals surface area contributed by atoms with Crippen LogP contribution in [0.5, 0.6) is 0 Å². The number of unbranched alkanes of at least 4 members (excludes halogenated alkanes) is 4. The Balaban J connectivity index is 3.53. The molecule has 0 radical (unpaired) electrons. The maximum Gasteiger partial charge on any atom is 0.332 e. The first-order valence-corrected chi connectivity index (χ1v) is 6.06. The molecule has 0 spiro atoms. The van der Waals surface area contributed by atoms with Crippen molar-refractivity contribution in [3.05, 3.63) is 0 Å². The molecule has 0 aromatic rings. The maximum atomic E-state index is 10.8. The number of hydrogen-bond donors (Lipinski definition) is 1. The summed E-state index contributed by atoms with van der Waals surface area (Å²) in [7, 11) is 0. The molecule has 0 rings (SSSR count). The topological polar surface area (TPSA) is 46.5 Å². The van der Waals surface area contributed by atoms with E-state index in [2.05, 4.69) is 13.8 Å². The lowest BCUT2D eigenvalue weighted by Gasteiger charge is -2.12. The van der Waals surface area contributed by atoms with Gasteiger partial charge in [0.25, 0.3) is 0 Å². The summed E-state index contributed by atoms with van der Waals surface area (Å²) >= 11 is 0. The molecule has 1 atom stereocenters. The van der Waals surface area contributed by atoms with E-state index in [0.29, 0.717) is 13.0 Å². The Labute approximate surface area is 92.8 Å². The van der Waals surface area contributed by atoms with Crippen LogP contribution < -0.4 is 0 Å². The molecule has 0 aromatic carbocycles. The number of ether oxygens (including phenoxy) is 1. The molecule has 0 aliphatic carbocycles. The third-order valence-electron chi connectivity index (χ3n) is 2.41. The van der Waals surface area contributed by atoms with Crippen LogP contribution in [-0.4, -0.2) is 23.8 Å². The normalized spacial score (nSPS) is 12.7. The van der Waals surface area contributed by atoms with Crippen LogP contribution >= 0.6 is 0 Å². The molecule has 15 heavy (non-hydrogen) atoms. The Kier molecular flexibility index (Phi) is 9.59. The van der Waals surface area contributed by atoms with E-state index in [1.165, 1.54) is 12.8 Å². The third-order valence-corrected chi connectivity index (χ3v) is 2.41. The second kappa shape index (κ2) is 9.97. The molecule has 0 fully saturated rings. The van der Waals surface area contributed by atoms with Gasteiger partial charge in [0, 0.05) is 6.61 Å². The molecule has 90 valence electrons. The van der Waals surface area contributed by atoms with Gasteiger partial charge in [-0.15, -0.1) is 0 Å². The average Bonchev–Trinajstić information content (AvgIpc) is 2.21. The number of hydrogen-bond acceptors (Lipinski definition) is 2. The van der Waals surface area contributed by atoms with Crippen molar-refractivity contribution in [1.82, 2.24) is 0 Å². The fourth-order valence-electron chi connectivity index (χ4n) is 1.42. The van der Waals surface area contributed by atoms with Crippen LogP contribution in [0.4, 0.5) is 0 Å². The highest BCUT2D eigenvalue weighted by atomic mass is 16.5. The van der Waals surface area contributed by atoms with Crippen molar-refractivity contribution in [3.63, 3.8) is 0 Å². The van der Waals surface area contributed by atoms with E-state index in [0.717, 1.165) is 25.7 Å². The lowest BCUT2D eigenvalue weighted by Crippen LogP contribution is -2.24. The summed E-state index contributed by atoms with van der Waals surface area (Å²) in [6.07, 6.45) is 6.50. The van der Waals surface area contributed by atoms with E-state index in [1.807, 2.05) is 0 Å². The summed E-state index contributed by atoms with van der Waals surface area (Å²) in [4.78, 5) is 10.8. The van der Waals surface area contributed by atoms with Crippen molar-refractivity contribution in [1.29, 1.82) is 0 Å². The van der Waals surface area contributed by atoms with Gasteiger partial charge in [0.15, 0.2) is 6.10 Å². The van der Waals surface area contributed by atoms with Gasteiger partial charge in [-0.1, -0.05) is 46.0 Å². The van der Waals surface area contributed by atoms with Crippen LogP contribution in [0.2, 0.25) is 0 Å². The second-order valence-electron chi connectivity index (χ2n) is 3.90. The van der Waals surface area contributed by atoms with E-state index in [-0.39, 0.29) is 0 Å². The minimum atomic E-state index is -0.820. The van der Waals surface area contributed by atoms with Gasteiger partial charge in [-0.25, -0.2) is 4.79 Å². The zero-order valence-electron chi connectivity index (χ0n) is 10.00. The number of aliphatic carboxylic acids is 1. The molecule has 1 unspecified atom stereocenters. The molecule has 0 saturated heterocycles. The lowest BCUT2D eigenvalue weighted by molar-refractivity contribution is -0.151. The molecule has 0 heterocycles. The molecule has 0 amide bonds. The first kappa shape index (κ1) is 14.4. The second-order valence-corrected chi connectivity index (χ2v) is 3.90. The smallest absolute Gasteiger partial charge is 0.332 e. The Morgan fingerprint density at radius 2 is 1.80 bits per heavy atom. The van der Waals surface area contributed by atoms with Crippen molar-refractivity contribution in [2.45, 2.75) is 64.9 Å². The Morgan fingerprint density at radius 3 is 2.33 bits per heavy atom. The first-order chi connectivity index (χ1) is 7.22. The summed E-state index contributed by atoms with van der Waals surface area (Å²) in [5, 5.41) is 8.88. The van der Waals surface area contributed by atoms with Gasteiger partial charge in [0.05, 0.1) is 0 Å². The maximum absolute atomic E-state index is 10.8. The number of carboxylic acids is 1. The molecule has 3 heteroatoms. The fourth-order valence-corrected chi connectivity index (χ4v) is 1.42. The van der Waals surface area contributed by atoms with Crippen LogP contribution in [0.25, 0.3) is 0 Å². The molecule has 0 aliphatic rings. The van der Waals surface area contributed by atoms with Crippen LogP contribution in [-0.2, 0) is 9.53 Å². The predicted molar refractivity (Wildman–Crippen MR) is 61.0 cm³/mol. The number of carboxylic acid groups (broad SMARTS) is 1. The van der Waals surface area contributed by atoms with Gasteiger partial charge in [0.2, 0.25) is 0 Å². The lowest BCUT2D eigenvalue weighted by atomic mass is 10.1. The van der Waals surface area contributed by atoms with E-state index < -0.39 is 12.1 Å². The summed E-state index contributed by atoms with van der Waals surface area (Å²) in [5.41, 5.74) is 0. The standard InChI is InChI=1S/C12H24O3/c1-3-5-7-8-10-15-11(12(13)14)9-6-4-2/h11H,3-10H2,1-2H3,(H,13,14). The minimum absolute atomic E-state index is 0.584. The van der Waals surface area contributed by atoms with Gasteiger partial charge in [-0.2, -0.15) is 0 Å². The largest absolute Gasteiger partial charge is 0.479 e. The monoisotopic (exact) mass is 216 g/mol. The quantitative estimate of drug-likeness (QED) is 0.570. The molecule has 0 saturated carbocycles. The van der Waals surface area contributed by atoms with Crippen molar-refractivity contribution in [2.24, 2.45) is 0 Å². The Hall–Kier alpha value is -0.570. The van der Waals surface area contributed by atoms with E-state index in [1.54, 1.807) is 0 Å². The minimum Gasteiger partial charge on any atom is -0.479 e. The molecule has 1 N–H and O–H groups in total. The van der Waals surface area contributed by atoms with Gasteiger partial charge < -0.3 is 9.84 Å². The summed E-state index contributed by atoms with van der Waals surface area (Å²) in [5.74, 6) is -0.820. The van der Waals surface area contributed by atoms with Crippen molar-refractivity contribution >= 4 is 5.97 Å². The third kappa shape index (κ3) is 8.43. The molecule has 0 aromatic heterocycles. The Bertz CT molecular complexity index is 157. The molecular weight excluding hydrogens is 192 g/mol. The zero-order valence-corrected chi connectivity index (χ0v) is 10.00. The predicted octanol–water partition coefficient (Wildman–Crippen LogP) is 3.23. The first-order valence-electron chi connectivity index (χ1n) is 6.06. The van der Waals surface area contributed by atoms with Crippen LogP contribution in [0.3, 0.4) is 0 Å². The number of rotatable bonds is 10. The zero-order chi connectivity index (χ0) is 11.5. The van der Waals surface area contributed by atoms with E-state index in [9.17, 15) is 4.79 Å². The number of carbonyl (C=O) groups is 1. The highest BCUT2D eigenvalue weighted by Crippen LogP contribution is 2.07. The van der Waals surface area contributed by atoms with Gasteiger partial charge in [-0.05, 0) is 12.8 Å². The Morgan fingerprint density at radius 1 is 1.13 bits per heavy atom. The SMILES string of the molecule is CCCCCCOC(CCCC)C(=O)O. The average molecular weight is 216 g/mol. The van der Waals surface area contributed by atoms with Crippen LogP contribution in [0.15, 0.2) is 0 Å². The van der Waals surface area contributed by atoms with Crippen LogP contribution in [0, 0.1) is 0 Å². The van der Waals surface area contributed by atoms with Gasteiger partial charge in [0.1, 0.15) is 0 Å².